The number of hydrogen-bond donors (Lipinski definition) is 1. The van der Waals surface area contributed by atoms with Crippen LogP contribution in [0.3, 0.4) is 0 Å². The highest BCUT2D eigenvalue weighted by Gasteiger charge is 2.34. The van der Waals surface area contributed by atoms with Crippen LogP contribution in [0.15, 0.2) is 66.7 Å². The van der Waals surface area contributed by atoms with Crippen LogP contribution in [0, 0.1) is 12.7 Å². The van der Waals surface area contributed by atoms with Gasteiger partial charge in [0.05, 0.1) is 5.75 Å². The second-order valence-electron chi connectivity index (χ2n) is 6.95. The summed E-state index contributed by atoms with van der Waals surface area (Å²) < 4.78 is 14.1. The topological polar surface area (TPSA) is 49.4 Å². The molecule has 0 aliphatic carbocycles. The van der Waals surface area contributed by atoms with Crippen molar-refractivity contribution >= 4 is 46.6 Å². The van der Waals surface area contributed by atoms with Gasteiger partial charge in [-0.05, 0) is 60.5 Å². The molecule has 1 fully saturated rings. The van der Waals surface area contributed by atoms with E-state index in [1.54, 1.807) is 54.3 Å². The first kappa shape index (κ1) is 20.4. The van der Waals surface area contributed by atoms with Crippen molar-refractivity contribution in [3.63, 3.8) is 0 Å². The Balaban J connectivity index is 1.60. The molecule has 7 heteroatoms. The number of rotatable bonds is 4. The molecule has 1 saturated heterocycles. The Morgan fingerprint density at radius 2 is 1.93 bits per heavy atom. The molecule has 0 radical (unpaired) electrons. The number of amides is 2. The van der Waals surface area contributed by atoms with Crippen LogP contribution in [0.5, 0.6) is 0 Å². The van der Waals surface area contributed by atoms with Crippen molar-refractivity contribution in [2.75, 3.05) is 16.0 Å². The minimum Gasteiger partial charge on any atom is -0.322 e. The zero-order valence-corrected chi connectivity index (χ0v) is 17.6. The van der Waals surface area contributed by atoms with E-state index in [9.17, 15) is 14.0 Å². The molecular weight excluding hydrogens is 423 g/mol. The first-order valence-electron chi connectivity index (χ1n) is 9.29. The highest BCUT2D eigenvalue weighted by Crippen LogP contribution is 2.42. The highest BCUT2D eigenvalue weighted by molar-refractivity contribution is 8.00. The van der Waals surface area contributed by atoms with Gasteiger partial charge in [-0.15, -0.1) is 11.8 Å². The van der Waals surface area contributed by atoms with Crippen molar-refractivity contribution in [3.8, 4) is 0 Å². The molecule has 0 saturated carbocycles. The number of benzene rings is 3. The molecule has 4 rings (SSSR count). The summed E-state index contributed by atoms with van der Waals surface area (Å²) in [7, 11) is 0. The molecule has 30 heavy (non-hydrogen) atoms. The Bertz CT molecular complexity index is 1140. The molecule has 1 aliphatic rings. The number of anilines is 2. The minimum atomic E-state index is -0.349. The van der Waals surface area contributed by atoms with Crippen LogP contribution in [-0.2, 0) is 4.79 Å². The molecule has 1 unspecified atom stereocenters. The summed E-state index contributed by atoms with van der Waals surface area (Å²) in [5.41, 5.74) is 2.95. The standard InChI is InChI=1S/C23H18ClFN2O2S/c1-14-8-9-19(12-20(14)25)27-21(28)13-30-23(27)16-5-3-7-18(11-16)26-22(29)15-4-2-6-17(24)10-15/h2-12,23H,13H2,1H3,(H,26,29). The van der Waals surface area contributed by atoms with Crippen LogP contribution in [-0.4, -0.2) is 17.6 Å². The van der Waals surface area contributed by atoms with Crippen LogP contribution in [0.2, 0.25) is 5.02 Å². The van der Waals surface area contributed by atoms with E-state index in [0.29, 0.717) is 33.3 Å². The fourth-order valence-corrected chi connectivity index (χ4v) is 4.64. The summed E-state index contributed by atoms with van der Waals surface area (Å²) in [6.45, 7) is 1.68. The summed E-state index contributed by atoms with van der Waals surface area (Å²) >= 11 is 7.43. The van der Waals surface area contributed by atoms with Crippen LogP contribution in [0.25, 0.3) is 0 Å². The molecule has 0 aromatic heterocycles. The van der Waals surface area contributed by atoms with Crippen LogP contribution >= 0.6 is 23.4 Å². The normalized spacial score (nSPS) is 16.0. The number of carbonyl (C=O) groups excluding carboxylic acids is 2. The number of carbonyl (C=O) groups is 2. The summed E-state index contributed by atoms with van der Waals surface area (Å²) in [6.07, 6.45) is 0. The van der Waals surface area contributed by atoms with Gasteiger partial charge in [-0.1, -0.05) is 35.9 Å². The molecule has 1 atom stereocenters. The largest absolute Gasteiger partial charge is 0.322 e. The molecule has 1 aliphatic heterocycles. The zero-order valence-electron chi connectivity index (χ0n) is 16.1. The van der Waals surface area contributed by atoms with Gasteiger partial charge in [-0.2, -0.15) is 0 Å². The average Bonchev–Trinajstić information content (AvgIpc) is 3.12. The number of nitrogens with zero attached hydrogens (tertiary/aromatic N) is 1. The maximum Gasteiger partial charge on any atom is 0.255 e. The average molecular weight is 441 g/mol. The fraction of sp³-hybridized carbons (Fsp3) is 0.130. The third-order valence-corrected chi connectivity index (χ3v) is 6.27. The number of nitrogens with one attached hydrogen (secondary N) is 1. The molecule has 2 amide bonds. The van der Waals surface area contributed by atoms with Crippen molar-refractivity contribution in [1.29, 1.82) is 0 Å². The van der Waals surface area contributed by atoms with E-state index in [1.165, 1.54) is 17.8 Å². The number of thioether (sulfide) groups is 1. The fourth-order valence-electron chi connectivity index (χ4n) is 3.28. The second-order valence-corrected chi connectivity index (χ2v) is 8.46. The van der Waals surface area contributed by atoms with Crippen molar-refractivity contribution in [1.82, 2.24) is 0 Å². The van der Waals surface area contributed by atoms with Crippen LogP contribution < -0.4 is 10.2 Å². The van der Waals surface area contributed by atoms with Gasteiger partial charge >= 0.3 is 0 Å². The first-order valence-corrected chi connectivity index (χ1v) is 10.7. The molecule has 0 spiro atoms. The second kappa shape index (κ2) is 8.50. The van der Waals surface area contributed by atoms with Crippen molar-refractivity contribution in [3.05, 3.63) is 94.3 Å². The lowest BCUT2D eigenvalue weighted by molar-refractivity contribution is -0.115. The Kier molecular flexibility index (Phi) is 5.79. The molecular formula is C23H18ClFN2O2S. The quantitative estimate of drug-likeness (QED) is 0.556. The third kappa shape index (κ3) is 4.20. The van der Waals surface area contributed by atoms with Gasteiger partial charge in [0.2, 0.25) is 5.91 Å². The first-order chi connectivity index (χ1) is 14.4. The van der Waals surface area contributed by atoms with Gasteiger partial charge < -0.3 is 5.32 Å². The van der Waals surface area contributed by atoms with E-state index in [-0.39, 0.29) is 23.0 Å². The lowest BCUT2D eigenvalue weighted by Gasteiger charge is -2.25. The van der Waals surface area contributed by atoms with Crippen molar-refractivity contribution in [2.24, 2.45) is 0 Å². The molecule has 3 aromatic rings. The number of halogens is 2. The minimum absolute atomic E-state index is 0.0818. The predicted octanol–water partition coefficient (Wildman–Crippen LogP) is 5.82. The number of hydrogen-bond acceptors (Lipinski definition) is 3. The lowest BCUT2D eigenvalue weighted by atomic mass is 10.1. The van der Waals surface area contributed by atoms with Crippen LogP contribution in [0.1, 0.15) is 26.9 Å². The van der Waals surface area contributed by atoms with Gasteiger partial charge in [-0.25, -0.2) is 4.39 Å². The van der Waals surface area contributed by atoms with Gasteiger partial charge in [0.1, 0.15) is 11.2 Å². The molecule has 1 heterocycles. The summed E-state index contributed by atoms with van der Waals surface area (Å²) in [5, 5.41) is 3.04. The molecule has 3 aromatic carbocycles. The molecule has 4 nitrogen and oxygen atoms in total. The van der Waals surface area contributed by atoms with Gasteiger partial charge in [0.15, 0.2) is 0 Å². The highest BCUT2D eigenvalue weighted by atomic mass is 35.5. The van der Waals surface area contributed by atoms with E-state index >= 15 is 0 Å². The van der Waals surface area contributed by atoms with Gasteiger partial charge in [0.25, 0.3) is 5.91 Å². The predicted molar refractivity (Wildman–Crippen MR) is 120 cm³/mol. The van der Waals surface area contributed by atoms with E-state index in [1.807, 2.05) is 18.2 Å². The molecule has 152 valence electrons. The van der Waals surface area contributed by atoms with E-state index in [0.717, 1.165) is 5.56 Å². The monoisotopic (exact) mass is 440 g/mol. The van der Waals surface area contributed by atoms with E-state index < -0.39 is 0 Å². The maximum atomic E-state index is 14.1. The van der Waals surface area contributed by atoms with Crippen LogP contribution in [0.4, 0.5) is 15.8 Å². The molecule has 1 N–H and O–H groups in total. The van der Waals surface area contributed by atoms with Gasteiger partial charge in [-0.3, -0.25) is 14.5 Å². The van der Waals surface area contributed by atoms with Crippen molar-refractivity contribution < 1.29 is 14.0 Å². The Labute approximate surface area is 183 Å². The Hall–Kier alpha value is -2.83. The zero-order chi connectivity index (χ0) is 21.3. The Morgan fingerprint density at radius 1 is 1.13 bits per heavy atom. The SMILES string of the molecule is Cc1ccc(N2C(=O)CSC2c2cccc(NC(=O)c3cccc(Cl)c3)c2)cc1F. The summed E-state index contributed by atoms with van der Waals surface area (Å²) in [5.74, 6) is -0.401. The van der Waals surface area contributed by atoms with Crippen molar-refractivity contribution in [2.45, 2.75) is 12.3 Å². The smallest absolute Gasteiger partial charge is 0.255 e. The third-order valence-electron chi connectivity index (χ3n) is 4.82. The summed E-state index contributed by atoms with van der Waals surface area (Å²) in [4.78, 5) is 26.7. The van der Waals surface area contributed by atoms with E-state index in [2.05, 4.69) is 5.32 Å². The lowest BCUT2D eigenvalue weighted by Crippen LogP contribution is -2.28. The maximum absolute atomic E-state index is 14.1. The molecule has 0 bridgehead atoms. The Morgan fingerprint density at radius 3 is 2.70 bits per heavy atom. The van der Waals surface area contributed by atoms with Gasteiger partial charge in [0, 0.05) is 22.0 Å². The summed E-state index contributed by atoms with van der Waals surface area (Å²) in [6, 6.07) is 18.8. The van der Waals surface area contributed by atoms with E-state index in [4.69, 9.17) is 11.6 Å². The number of aryl methyl sites for hydroxylation is 1.